The average molecular weight is 400 g/mol. The standard InChI is InChI=1S/C26H22ClNO/c1-18-6-8-20(9-7-18)25(28-24-14-12-23(27)13-15-24)17-26(29)22-11-10-19-4-2-3-5-21(19)16-22/h2-16,25,28H,17H2,1H3. The molecule has 0 saturated carbocycles. The molecule has 4 rings (SSSR count). The molecule has 0 saturated heterocycles. The van der Waals surface area contributed by atoms with Gasteiger partial charge in [-0.2, -0.15) is 0 Å². The molecule has 0 aliphatic carbocycles. The van der Waals surface area contributed by atoms with E-state index in [9.17, 15) is 4.79 Å². The first-order valence-electron chi connectivity index (χ1n) is 9.69. The fourth-order valence-electron chi connectivity index (χ4n) is 3.46. The Morgan fingerprint density at radius 1 is 0.862 bits per heavy atom. The molecule has 0 heterocycles. The molecule has 0 aliphatic heterocycles. The van der Waals surface area contributed by atoms with Gasteiger partial charge in [-0.3, -0.25) is 4.79 Å². The summed E-state index contributed by atoms with van der Waals surface area (Å²) < 4.78 is 0. The van der Waals surface area contributed by atoms with Crippen molar-refractivity contribution in [3.63, 3.8) is 0 Å². The van der Waals surface area contributed by atoms with Crippen LogP contribution in [-0.4, -0.2) is 5.78 Å². The lowest BCUT2D eigenvalue weighted by Gasteiger charge is -2.20. The molecule has 3 heteroatoms. The van der Waals surface area contributed by atoms with Crippen molar-refractivity contribution in [2.45, 2.75) is 19.4 Å². The Kier molecular flexibility index (Phi) is 5.64. The average Bonchev–Trinajstić information content (AvgIpc) is 2.75. The number of rotatable bonds is 6. The Hall–Kier alpha value is -3.10. The minimum Gasteiger partial charge on any atom is -0.378 e. The van der Waals surface area contributed by atoms with Gasteiger partial charge in [0, 0.05) is 22.7 Å². The third-order valence-corrected chi connectivity index (χ3v) is 5.38. The van der Waals surface area contributed by atoms with Gasteiger partial charge in [-0.05, 0) is 53.6 Å². The molecular weight excluding hydrogens is 378 g/mol. The van der Waals surface area contributed by atoms with E-state index in [2.05, 4.69) is 42.6 Å². The van der Waals surface area contributed by atoms with Gasteiger partial charge in [0.25, 0.3) is 0 Å². The van der Waals surface area contributed by atoms with Crippen LogP contribution in [0.5, 0.6) is 0 Å². The van der Waals surface area contributed by atoms with Gasteiger partial charge in [0.05, 0.1) is 6.04 Å². The second kappa shape index (κ2) is 8.50. The lowest BCUT2D eigenvalue weighted by atomic mass is 9.95. The molecule has 0 aromatic heterocycles. The van der Waals surface area contributed by atoms with Gasteiger partial charge >= 0.3 is 0 Å². The first-order chi connectivity index (χ1) is 14.1. The Bertz CT molecular complexity index is 1130. The molecule has 144 valence electrons. The molecular formula is C26H22ClNO. The van der Waals surface area contributed by atoms with E-state index in [1.165, 1.54) is 5.56 Å². The van der Waals surface area contributed by atoms with Crippen molar-refractivity contribution < 1.29 is 4.79 Å². The number of hydrogen-bond acceptors (Lipinski definition) is 2. The third-order valence-electron chi connectivity index (χ3n) is 5.13. The number of Topliss-reactive ketones (excluding diaryl/α,β-unsaturated/α-hetero) is 1. The molecule has 0 radical (unpaired) electrons. The van der Waals surface area contributed by atoms with Crippen molar-refractivity contribution in [3.05, 3.63) is 113 Å². The van der Waals surface area contributed by atoms with Crippen molar-refractivity contribution in [3.8, 4) is 0 Å². The summed E-state index contributed by atoms with van der Waals surface area (Å²) in [4.78, 5) is 13.1. The van der Waals surface area contributed by atoms with Crippen molar-refractivity contribution in [2.75, 3.05) is 5.32 Å². The zero-order chi connectivity index (χ0) is 20.2. The van der Waals surface area contributed by atoms with Gasteiger partial charge < -0.3 is 5.32 Å². The van der Waals surface area contributed by atoms with Crippen LogP contribution in [0.1, 0.15) is 33.9 Å². The predicted molar refractivity (Wildman–Crippen MR) is 122 cm³/mol. The lowest BCUT2D eigenvalue weighted by Crippen LogP contribution is -2.16. The molecule has 0 amide bonds. The molecule has 1 atom stereocenters. The monoisotopic (exact) mass is 399 g/mol. The van der Waals surface area contributed by atoms with Crippen LogP contribution in [0.15, 0.2) is 91.0 Å². The summed E-state index contributed by atoms with van der Waals surface area (Å²) in [5.41, 5.74) is 3.95. The summed E-state index contributed by atoms with van der Waals surface area (Å²) in [6.07, 6.45) is 0.365. The number of carbonyl (C=O) groups excluding carboxylic acids is 1. The third kappa shape index (κ3) is 4.67. The summed E-state index contributed by atoms with van der Waals surface area (Å²) in [5, 5.41) is 6.41. The van der Waals surface area contributed by atoms with Crippen LogP contribution in [0, 0.1) is 6.92 Å². The number of carbonyl (C=O) groups is 1. The maximum atomic E-state index is 13.1. The second-order valence-electron chi connectivity index (χ2n) is 7.30. The van der Waals surface area contributed by atoms with Crippen molar-refractivity contribution in [2.24, 2.45) is 0 Å². The number of aryl methyl sites for hydroxylation is 1. The van der Waals surface area contributed by atoms with Crippen molar-refractivity contribution in [1.82, 2.24) is 0 Å². The smallest absolute Gasteiger partial charge is 0.165 e. The van der Waals surface area contributed by atoms with Crippen LogP contribution < -0.4 is 5.32 Å². The van der Waals surface area contributed by atoms with Gasteiger partial charge in [0.1, 0.15) is 0 Å². The highest BCUT2D eigenvalue weighted by Crippen LogP contribution is 2.27. The van der Waals surface area contributed by atoms with Crippen LogP contribution in [0.25, 0.3) is 10.8 Å². The minimum atomic E-state index is -0.129. The van der Waals surface area contributed by atoms with Gasteiger partial charge in [-0.1, -0.05) is 77.8 Å². The zero-order valence-corrected chi connectivity index (χ0v) is 17.0. The van der Waals surface area contributed by atoms with Gasteiger partial charge in [-0.25, -0.2) is 0 Å². The van der Waals surface area contributed by atoms with Gasteiger partial charge in [0.2, 0.25) is 0 Å². The van der Waals surface area contributed by atoms with Crippen molar-refractivity contribution >= 4 is 33.8 Å². The predicted octanol–water partition coefficient (Wildman–Crippen LogP) is 7.23. The van der Waals surface area contributed by atoms with Gasteiger partial charge in [-0.15, -0.1) is 0 Å². The van der Waals surface area contributed by atoms with Crippen molar-refractivity contribution in [1.29, 1.82) is 0 Å². The molecule has 4 aromatic rings. The molecule has 29 heavy (non-hydrogen) atoms. The highest BCUT2D eigenvalue weighted by Gasteiger charge is 2.18. The number of anilines is 1. The summed E-state index contributed by atoms with van der Waals surface area (Å²) in [6, 6.07) is 29.7. The number of halogens is 1. The van der Waals surface area contributed by atoms with E-state index in [1.807, 2.05) is 60.7 Å². The molecule has 1 unspecified atom stereocenters. The first-order valence-corrected chi connectivity index (χ1v) is 10.1. The Morgan fingerprint density at radius 3 is 2.28 bits per heavy atom. The quantitative estimate of drug-likeness (QED) is 0.346. The Morgan fingerprint density at radius 2 is 1.55 bits per heavy atom. The number of fused-ring (bicyclic) bond motifs is 1. The van der Waals surface area contributed by atoms with E-state index in [0.717, 1.165) is 27.6 Å². The Labute approximate surface area is 176 Å². The molecule has 0 bridgehead atoms. The molecule has 0 spiro atoms. The molecule has 0 fully saturated rings. The lowest BCUT2D eigenvalue weighted by molar-refractivity contribution is 0.0976. The van der Waals surface area contributed by atoms with E-state index in [4.69, 9.17) is 11.6 Å². The van der Waals surface area contributed by atoms with Crippen LogP contribution in [0.4, 0.5) is 5.69 Å². The number of hydrogen-bond donors (Lipinski definition) is 1. The van der Waals surface area contributed by atoms with E-state index in [1.54, 1.807) is 0 Å². The molecule has 2 nitrogen and oxygen atoms in total. The molecule has 4 aromatic carbocycles. The fraction of sp³-hybridized carbons (Fsp3) is 0.115. The van der Waals surface area contributed by atoms with Crippen LogP contribution in [0.3, 0.4) is 0 Å². The topological polar surface area (TPSA) is 29.1 Å². The van der Waals surface area contributed by atoms with Crippen LogP contribution >= 0.6 is 11.6 Å². The summed E-state index contributed by atoms with van der Waals surface area (Å²) in [5.74, 6) is 0.114. The zero-order valence-electron chi connectivity index (χ0n) is 16.2. The SMILES string of the molecule is Cc1ccc(C(CC(=O)c2ccc3ccccc3c2)Nc2ccc(Cl)cc2)cc1. The summed E-state index contributed by atoms with van der Waals surface area (Å²) >= 11 is 6.01. The normalized spacial score (nSPS) is 11.9. The van der Waals surface area contributed by atoms with Crippen LogP contribution in [-0.2, 0) is 0 Å². The number of benzene rings is 4. The second-order valence-corrected chi connectivity index (χ2v) is 7.74. The van der Waals surface area contributed by atoms with E-state index in [0.29, 0.717) is 11.4 Å². The van der Waals surface area contributed by atoms with Gasteiger partial charge in [0.15, 0.2) is 5.78 Å². The highest BCUT2D eigenvalue weighted by atomic mass is 35.5. The number of ketones is 1. The molecule has 0 aliphatic rings. The fourth-order valence-corrected chi connectivity index (χ4v) is 3.59. The summed E-state index contributed by atoms with van der Waals surface area (Å²) in [6.45, 7) is 2.06. The first kappa shape index (κ1) is 19.2. The molecule has 1 N–H and O–H groups in total. The minimum absolute atomic E-state index is 0.114. The number of nitrogens with one attached hydrogen (secondary N) is 1. The highest BCUT2D eigenvalue weighted by molar-refractivity contribution is 6.30. The van der Waals surface area contributed by atoms with Crippen LogP contribution in [0.2, 0.25) is 5.02 Å². The van der Waals surface area contributed by atoms with E-state index < -0.39 is 0 Å². The Balaban J connectivity index is 1.61. The summed E-state index contributed by atoms with van der Waals surface area (Å²) in [7, 11) is 0. The van der Waals surface area contributed by atoms with E-state index >= 15 is 0 Å². The maximum absolute atomic E-state index is 13.1. The maximum Gasteiger partial charge on any atom is 0.165 e. The largest absolute Gasteiger partial charge is 0.378 e. The van der Waals surface area contributed by atoms with E-state index in [-0.39, 0.29) is 11.8 Å².